The molecule has 0 unspecified atom stereocenters. The summed E-state index contributed by atoms with van der Waals surface area (Å²) >= 11 is 0. The van der Waals surface area contributed by atoms with Gasteiger partial charge in [-0.1, -0.05) is 18.2 Å². The Kier molecular flexibility index (Phi) is 3.15. The van der Waals surface area contributed by atoms with Gasteiger partial charge in [-0.2, -0.15) is 0 Å². The summed E-state index contributed by atoms with van der Waals surface area (Å²) in [5, 5.41) is 13.6. The number of aromatic nitrogens is 2. The van der Waals surface area contributed by atoms with Crippen LogP contribution in [0.2, 0.25) is 0 Å². The second-order valence-electron chi connectivity index (χ2n) is 5.61. The smallest absolute Gasteiger partial charge is 0.407 e. The standard InChI is InChI=1S/C17H16N4O2/c22-17(23)21-9-7-13-12(10-21)15-14(6-8-18-16(15)20-13)19-11-4-2-1-3-5-11/h1-6,8H,7,9-10H2,(H,22,23)(H2,18,19,20). The lowest BCUT2D eigenvalue weighted by Crippen LogP contribution is -2.34. The number of hydrogen-bond donors (Lipinski definition) is 3. The molecule has 1 amide bonds. The van der Waals surface area contributed by atoms with E-state index in [-0.39, 0.29) is 0 Å². The number of H-pyrrole nitrogens is 1. The van der Waals surface area contributed by atoms with Crippen LogP contribution >= 0.6 is 0 Å². The van der Waals surface area contributed by atoms with Crippen LogP contribution in [-0.4, -0.2) is 32.6 Å². The van der Waals surface area contributed by atoms with E-state index < -0.39 is 6.09 Å². The highest BCUT2D eigenvalue weighted by atomic mass is 16.4. The van der Waals surface area contributed by atoms with E-state index in [2.05, 4.69) is 15.3 Å². The van der Waals surface area contributed by atoms with Crippen molar-refractivity contribution in [1.82, 2.24) is 14.9 Å². The lowest BCUT2D eigenvalue weighted by molar-refractivity contribution is 0.140. The average molecular weight is 308 g/mol. The van der Waals surface area contributed by atoms with Gasteiger partial charge in [0.25, 0.3) is 0 Å². The number of fused-ring (bicyclic) bond motifs is 3. The van der Waals surface area contributed by atoms with Gasteiger partial charge in [0.1, 0.15) is 5.65 Å². The maximum absolute atomic E-state index is 11.3. The number of hydrogen-bond acceptors (Lipinski definition) is 3. The second kappa shape index (κ2) is 5.31. The molecule has 3 aromatic rings. The van der Waals surface area contributed by atoms with Crippen molar-refractivity contribution in [2.24, 2.45) is 0 Å². The van der Waals surface area contributed by atoms with Crippen molar-refractivity contribution in [3.63, 3.8) is 0 Å². The van der Waals surface area contributed by atoms with Gasteiger partial charge in [0, 0.05) is 41.5 Å². The molecule has 6 heteroatoms. The zero-order valence-electron chi connectivity index (χ0n) is 12.4. The van der Waals surface area contributed by atoms with Crippen molar-refractivity contribution in [2.45, 2.75) is 13.0 Å². The number of aromatic amines is 1. The van der Waals surface area contributed by atoms with Crippen molar-refractivity contribution >= 4 is 28.5 Å². The van der Waals surface area contributed by atoms with Crippen LogP contribution in [0.25, 0.3) is 11.0 Å². The maximum Gasteiger partial charge on any atom is 0.407 e. The summed E-state index contributed by atoms with van der Waals surface area (Å²) in [4.78, 5) is 20.4. The molecule has 3 heterocycles. The molecule has 1 aliphatic heterocycles. The minimum atomic E-state index is -0.883. The number of amides is 1. The first-order valence-electron chi connectivity index (χ1n) is 7.51. The Balaban J connectivity index is 1.80. The van der Waals surface area contributed by atoms with Crippen LogP contribution in [0.15, 0.2) is 42.6 Å². The number of pyridine rings is 1. The SMILES string of the molecule is O=C(O)N1CCc2[nH]c3nccc(Nc4ccccc4)c3c2C1. The van der Waals surface area contributed by atoms with Crippen LogP contribution in [0.5, 0.6) is 0 Å². The van der Waals surface area contributed by atoms with Crippen LogP contribution in [0.4, 0.5) is 16.2 Å². The van der Waals surface area contributed by atoms with E-state index in [1.165, 1.54) is 4.90 Å². The van der Waals surface area contributed by atoms with Crippen molar-refractivity contribution in [2.75, 3.05) is 11.9 Å². The lowest BCUT2D eigenvalue weighted by Gasteiger charge is -2.24. The van der Waals surface area contributed by atoms with Gasteiger partial charge in [-0.3, -0.25) is 0 Å². The third-order valence-electron chi connectivity index (χ3n) is 4.19. The Hall–Kier alpha value is -3.02. The molecule has 0 spiro atoms. The molecule has 2 aromatic heterocycles. The topological polar surface area (TPSA) is 81.2 Å². The Labute approximate surface area is 132 Å². The molecule has 0 radical (unpaired) electrons. The summed E-state index contributed by atoms with van der Waals surface area (Å²) in [6.45, 7) is 0.899. The molecule has 0 atom stereocenters. The Morgan fingerprint density at radius 1 is 1.26 bits per heavy atom. The highest BCUT2D eigenvalue weighted by molar-refractivity contribution is 5.95. The van der Waals surface area contributed by atoms with E-state index in [4.69, 9.17) is 0 Å². The second-order valence-corrected chi connectivity index (χ2v) is 5.61. The van der Waals surface area contributed by atoms with Gasteiger partial charge in [-0.05, 0) is 18.2 Å². The largest absolute Gasteiger partial charge is 0.465 e. The van der Waals surface area contributed by atoms with Crippen molar-refractivity contribution in [3.8, 4) is 0 Å². The summed E-state index contributed by atoms with van der Waals surface area (Å²) < 4.78 is 0. The molecule has 3 N–H and O–H groups in total. The van der Waals surface area contributed by atoms with Gasteiger partial charge in [0.2, 0.25) is 0 Å². The third-order valence-corrected chi connectivity index (χ3v) is 4.19. The fourth-order valence-corrected chi connectivity index (χ4v) is 3.08. The lowest BCUT2D eigenvalue weighted by atomic mass is 10.0. The van der Waals surface area contributed by atoms with E-state index in [9.17, 15) is 9.90 Å². The van der Waals surface area contributed by atoms with E-state index in [1.807, 2.05) is 36.4 Å². The minimum absolute atomic E-state index is 0.389. The highest BCUT2D eigenvalue weighted by Crippen LogP contribution is 2.33. The third kappa shape index (κ3) is 2.38. The maximum atomic E-state index is 11.3. The van der Waals surface area contributed by atoms with Gasteiger partial charge in [-0.15, -0.1) is 0 Å². The fraction of sp³-hybridized carbons (Fsp3) is 0.176. The molecule has 0 fully saturated rings. The fourth-order valence-electron chi connectivity index (χ4n) is 3.08. The van der Waals surface area contributed by atoms with Gasteiger partial charge < -0.3 is 20.3 Å². The molecule has 0 saturated carbocycles. The Morgan fingerprint density at radius 3 is 2.87 bits per heavy atom. The number of carboxylic acid groups (broad SMARTS) is 1. The first kappa shape index (κ1) is 13.6. The van der Waals surface area contributed by atoms with Crippen molar-refractivity contribution in [3.05, 3.63) is 53.9 Å². The molecular weight excluding hydrogens is 292 g/mol. The summed E-state index contributed by atoms with van der Waals surface area (Å²) in [7, 11) is 0. The summed E-state index contributed by atoms with van der Waals surface area (Å²) in [5.41, 5.74) is 4.81. The molecule has 23 heavy (non-hydrogen) atoms. The predicted molar refractivity (Wildman–Crippen MR) is 88.0 cm³/mol. The number of rotatable bonds is 2. The monoisotopic (exact) mass is 308 g/mol. The van der Waals surface area contributed by atoms with Crippen LogP contribution in [0, 0.1) is 0 Å². The Bertz CT molecular complexity index is 873. The van der Waals surface area contributed by atoms with Crippen molar-refractivity contribution < 1.29 is 9.90 Å². The van der Waals surface area contributed by atoms with Gasteiger partial charge >= 0.3 is 6.09 Å². The average Bonchev–Trinajstić information content (AvgIpc) is 2.94. The quantitative estimate of drug-likeness (QED) is 0.678. The van der Waals surface area contributed by atoms with Crippen LogP contribution < -0.4 is 5.32 Å². The predicted octanol–water partition coefficient (Wildman–Crippen LogP) is 3.34. The zero-order valence-corrected chi connectivity index (χ0v) is 12.4. The van der Waals surface area contributed by atoms with Crippen LogP contribution in [-0.2, 0) is 13.0 Å². The molecule has 1 aromatic carbocycles. The number of carbonyl (C=O) groups is 1. The van der Waals surface area contributed by atoms with E-state index in [1.54, 1.807) is 6.20 Å². The Morgan fingerprint density at radius 2 is 2.09 bits per heavy atom. The van der Waals surface area contributed by atoms with Crippen molar-refractivity contribution in [1.29, 1.82) is 0 Å². The van der Waals surface area contributed by atoms with Crippen LogP contribution in [0.3, 0.4) is 0 Å². The molecule has 0 bridgehead atoms. The molecule has 4 rings (SSSR count). The van der Waals surface area contributed by atoms with E-state index in [0.717, 1.165) is 33.7 Å². The number of anilines is 2. The number of benzene rings is 1. The molecule has 116 valence electrons. The minimum Gasteiger partial charge on any atom is -0.465 e. The first-order chi connectivity index (χ1) is 11.2. The number of nitrogens with one attached hydrogen (secondary N) is 2. The van der Waals surface area contributed by atoms with Crippen LogP contribution in [0.1, 0.15) is 11.3 Å². The summed E-state index contributed by atoms with van der Waals surface area (Å²) in [6.07, 6.45) is 1.55. The summed E-state index contributed by atoms with van der Waals surface area (Å²) in [5.74, 6) is 0. The number of nitrogens with zero attached hydrogens (tertiary/aromatic N) is 2. The summed E-state index contributed by atoms with van der Waals surface area (Å²) in [6, 6.07) is 11.8. The number of para-hydroxylation sites is 1. The molecular formula is C17H16N4O2. The van der Waals surface area contributed by atoms with Gasteiger partial charge in [0.15, 0.2) is 0 Å². The van der Waals surface area contributed by atoms with E-state index in [0.29, 0.717) is 19.5 Å². The molecule has 0 saturated heterocycles. The molecule has 6 nitrogen and oxygen atoms in total. The zero-order chi connectivity index (χ0) is 15.8. The highest BCUT2D eigenvalue weighted by Gasteiger charge is 2.25. The van der Waals surface area contributed by atoms with Gasteiger partial charge in [-0.25, -0.2) is 9.78 Å². The van der Waals surface area contributed by atoms with E-state index >= 15 is 0 Å². The first-order valence-corrected chi connectivity index (χ1v) is 7.51. The molecule has 0 aliphatic carbocycles. The normalized spacial score (nSPS) is 13.8. The molecule has 1 aliphatic rings. The van der Waals surface area contributed by atoms with Gasteiger partial charge in [0.05, 0.1) is 12.2 Å².